The minimum Gasteiger partial charge on any atom is -0.318 e. The molecular weight excluding hydrogens is 368 g/mol. The molecule has 1 N–H and O–H groups in total. The van der Waals surface area contributed by atoms with Gasteiger partial charge in [0.25, 0.3) is 11.6 Å². The van der Waals surface area contributed by atoms with Crippen molar-refractivity contribution in [1.29, 1.82) is 0 Å². The Balaban J connectivity index is 1.81. The van der Waals surface area contributed by atoms with Crippen LogP contribution in [0.5, 0.6) is 0 Å². The van der Waals surface area contributed by atoms with Crippen LogP contribution in [0.15, 0.2) is 53.6 Å². The summed E-state index contributed by atoms with van der Waals surface area (Å²) in [6.07, 6.45) is 1.58. The van der Waals surface area contributed by atoms with Crippen LogP contribution in [0.2, 0.25) is 0 Å². The highest BCUT2D eigenvalue weighted by atomic mass is 16.6. The molecule has 148 valence electrons. The average molecular weight is 390 g/mol. The molecule has 0 spiro atoms. The molecule has 0 atom stereocenters. The number of nitrogens with one attached hydrogen (secondary N) is 1. The molecule has 3 rings (SSSR count). The van der Waals surface area contributed by atoms with E-state index in [1.54, 1.807) is 6.21 Å². The van der Waals surface area contributed by atoms with Gasteiger partial charge in [-0.2, -0.15) is 5.10 Å². The molecule has 29 heavy (non-hydrogen) atoms. The second-order valence-corrected chi connectivity index (χ2v) is 6.96. The largest absolute Gasteiger partial charge is 0.318 e. The molecule has 0 radical (unpaired) electrons. The predicted octanol–water partition coefficient (Wildman–Crippen LogP) is 4.38. The summed E-state index contributed by atoms with van der Waals surface area (Å²) < 4.78 is 2.15. The fraction of sp³-hybridized carbons (Fsp3) is 0.182. The van der Waals surface area contributed by atoms with E-state index in [0.717, 1.165) is 22.6 Å². The summed E-state index contributed by atoms with van der Waals surface area (Å²) >= 11 is 0. The van der Waals surface area contributed by atoms with Crippen molar-refractivity contribution < 1.29 is 9.72 Å². The van der Waals surface area contributed by atoms with Crippen LogP contribution in [0.25, 0.3) is 5.69 Å². The normalized spacial score (nSPS) is 11.0. The number of hydrazone groups is 1. The number of nitro benzene ring substituents is 1. The zero-order valence-electron chi connectivity index (χ0n) is 16.8. The number of aryl methyl sites for hydroxylation is 3. The zero-order chi connectivity index (χ0) is 21.1. The summed E-state index contributed by atoms with van der Waals surface area (Å²) in [6, 6.07) is 13.8. The van der Waals surface area contributed by atoms with E-state index >= 15 is 0 Å². The maximum Gasteiger partial charge on any atom is 0.271 e. The van der Waals surface area contributed by atoms with Crippen LogP contribution in [0.3, 0.4) is 0 Å². The number of nitro groups is 1. The molecule has 7 heteroatoms. The molecule has 0 saturated heterocycles. The van der Waals surface area contributed by atoms with Gasteiger partial charge in [-0.3, -0.25) is 14.9 Å². The number of nitrogens with zero attached hydrogens (tertiary/aromatic N) is 3. The first-order chi connectivity index (χ1) is 13.8. The number of rotatable bonds is 5. The smallest absolute Gasteiger partial charge is 0.271 e. The number of non-ortho nitro benzene ring substituents is 1. The first kappa shape index (κ1) is 20.0. The second-order valence-electron chi connectivity index (χ2n) is 6.96. The Morgan fingerprint density at radius 3 is 2.55 bits per heavy atom. The third-order valence-electron chi connectivity index (χ3n) is 4.75. The Hall–Kier alpha value is -3.74. The standard InChI is InChI=1S/C22H22N4O3/c1-14-8-9-21(15(2)10-14)25-16(3)11-19(17(25)4)13-23-24-22(27)18-6-5-7-20(12-18)26(28)29/h5-13H,1-4H3,(H,24,27)/b23-13-. The summed E-state index contributed by atoms with van der Waals surface area (Å²) in [6.45, 7) is 8.16. The maximum absolute atomic E-state index is 12.2. The van der Waals surface area contributed by atoms with Crippen molar-refractivity contribution in [3.05, 3.63) is 92.3 Å². The van der Waals surface area contributed by atoms with Crippen molar-refractivity contribution in [2.45, 2.75) is 27.7 Å². The van der Waals surface area contributed by atoms with Gasteiger partial charge in [0.05, 0.1) is 11.1 Å². The van der Waals surface area contributed by atoms with E-state index in [1.165, 1.54) is 35.4 Å². The van der Waals surface area contributed by atoms with Crippen molar-refractivity contribution in [3.8, 4) is 5.69 Å². The van der Waals surface area contributed by atoms with E-state index in [-0.39, 0.29) is 11.3 Å². The monoisotopic (exact) mass is 390 g/mol. The van der Waals surface area contributed by atoms with Gasteiger partial charge in [0.1, 0.15) is 0 Å². The Kier molecular flexibility index (Phi) is 5.59. The Bertz CT molecular complexity index is 1130. The Labute approximate surface area is 168 Å². The molecule has 0 saturated carbocycles. The van der Waals surface area contributed by atoms with Crippen molar-refractivity contribution in [2.24, 2.45) is 5.10 Å². The molecule has 0 aliphatic heterocycles. The maximum atomic E-state index is 12.2. The lowest BCUT2D eigenvalue weighted by atomic mass is 10.1. The van der Waals surface area contributed by atoms with Gasteiger partial charge >= 0.3 is 0 Å². The Morgan fingerprint density at radius 2 is 1.86 bits per heavy atom. The van der Waals surface area contributed by atoms with Gasteiger partial charge < -0.3 is 4.57 Å². The molecule has 1 aromatic heterocycles. The minimum absolute atomic E-state index is 0.140. The van der Waals surface area contributed by atoms with Gasteiger partial charge in [-0.25, -0.2) is 5.43 Å². The summed E-state index contributed by atoms with van der Waals surface area (Å²) in [5, 5.41) is 14.9. The number of hydrogen-bond acceptors (Lipinski definition) is 4. The summed E-state index contributed by atoms with van der Waals surface area (Å²) in [5.41, 5.74) is 8.89. The minimum atomic E-state index is -0.540. The second kappa shape index (κ2) is 8.10. The van der Waals surface area contributed by atoms with E-state index in [2.05, 4.69) is 47.1 Å². The van der Waals surface area contributed by atoms with Gasteiger partial charge in [0.15, 0.2) is 0 Å². The van der Waals surface area contributed by atoms with E-state index in [1.807, 2.05) is 19.9 Å². The van der Waals surface area contributed by atoms with Crippen molar-refractivity contribution in [2.75, 3.05) is 0 Å². The number of amides is 1. The fourth-order valence-corrected chi connectivity index (χ4v) is 3.33. The lowest BCUT2D eigenvalue weighted by Gasteiger charge is -2.13. The molecular formula is C22H22N4O3. The van der Waals surface area contributed by atoms with E-state index in [4.69, 9.17) is 0 Å². The predicted molar refractivity (Wildman–Crippen MR) is 113 cm³/mol. The van der Waals surface area contributed by atoms with E-state index < -0.39 is 10.8 Å². The van der Waals surface area contributed by atoms with Crippen LogP contribution in [0, 0.1) is 37.8 Å². The van der Waals surface area contributed by atoms with Crippen LogP contribution in [0.1, 0.15) is 38.4 Å². The first-order valence-corrected chi connectivity index (χ1v) is 9.12. The van der Waals surface area contributed by atoms with Crippen LogP contribution >= 0.6 is 0 Å². The molecule has 0 bridgehead atoms. The quantitative estimate of drug-likeness (QED) is 0.398. The number of carbonyl (C=O) groups is 1. The third-order valence-corrected chi connectivity index (χ3v) is 4.75. The molecule has 1 amide bonds. The molecule has 2 aromatic carbocycles. The molecule has 0 unspecified atom stereocenters. The molecule has 3 aromatic rings. The van der Waals surface area contributed by atoms with Gasteiger partial charge in [0.2, 0.25) is 0 Å². The molecule has 7 nitrogen and oxygen atoms in total. The lowest BCUT2D eigenvalue weighted by Crippen LogP contribution is -2.17. The highest BCUT2D eigenvalue weighted by Crippen LogP contribution is 2.23. The number of hydrogen-bond donors (Lipinski definition) is 1. The highest BCUT2D eigenvalue weighted by Gasteiger charge is 2.13. The number of carbonyl (C=O) groups excluding carboxylic acids is 1. The summed E-state index contributed by atoms with van der Waals surface area (Å²) in [7, 11) is 0. The van der Waals surface area contributed by atoms with Crippen LogP contribution in [-0.2, 0) is 0 Å². The van der Waals surface area contributed by atoms with E-state index in [9.17, 15) is 14.9 Å². The van der Waals surface area contributed by atoms with E-state index in [0.29, 0.717) is 0 Å². The molecule has 0 fully saturated rings. The number of aromatic nitrogens is 1. The third kappa shape index (κ3) is 4.24. The molecule has 1 heterocycles. The van der Waals surface area contributed by atoms with Crippen molar-refractivity contribution in [3.63, 3.8) is 0 Å². The zero-order valence-corrected chi connectivity index (χ0v) is 16.8. The first-order valence-electron chi connectivity index (χ1n) is 9.12. The van der Waals surface area contributed by atoms with Crippen LogP contribution in [0.4, 0.5) is 5.69 Å². The summed E-state index contributed by atoms with van der Waals surface area (Å²) in [5.74, 6) is -0.506. The van der Waals surface area contributed by atoms with Gasteiger partial charge in [-0.1, -0.05) is 23.8 Å². The van der Waals surface area contributed by atoms with Crippen molar-refractivity contribution in [1.82, 2.24) is 9.99 Å². The SMILES string of the molecule is Cc1ccc(-n2c(C)cc(/C=N\NC(=O)c3cccc([N+](=O)[O-])c3)c2C)c(C)c1. The van der Waals surface area contributed by atoms with Crippen LogP contribution < -0.4 is 5.43 Å². The lowest BCUT2D eigenvalue weighted by molar-refractivity contribution is -0.384. The van der Waals surface area contributed by atoms with Crippen molar-refractivity contribution >= 4 is 17.8 Å². The summed E-state index contributed by atoms with van der Waals surface area (Å²) in [4.78, 5) is 22.5. The topological polar surface area (TPSA) is 89.5 Å². The molecule has 0 aliphatic rings. The molecule has 0 aliphatic carbocycles. The Morgan fingerprint density at radius 1 is 1.10 bits per heavy atom. The fourth-order valence-electron chi connectivity index (χ4n) is 3.33. The van der Waals surface area contributed by atoms with Crippen LogP contribution in [-0.4, -0.2) is 21.6 Å². The average Bonchev–Trinajstić information content (AvgIpc) is 2.95. The van der Waals surface area contributed by atoms with Gasteiger partial charge in [-0.05, 0) is 51.5 Å². The van der Waals surface area contributed by atoms with Gasteiger partial charge in [0, 0.05) is 40.3 Å². The number of benzene rings is 2. The highest BCUT2D eigenvalue weighted by molar-refractivity contribution is 5.95. The van der Waals surface area contributed by atoms with Gasteiger partial charge in [-0.15, -0.1) is 0 Å².